The fraction of sp³-hybridized carbons (Fsp3) is 0.400. The Balaban J connectivity index is 1.39. The van der Waals surface area contributed by atoms with Crippen LogP contribution in [0.3, 0.4) is 0 Å². The van der Waals surface area contributed by atoms with Gasteiger partial charge < -0.3 is 15.0 Å². The summed E-state index contributed by atoms with van der Waals surface area (Å²) in [5, 5.41) is 3.02. The number of para-hydroxylation sites is 1. The Morgan fingerprint density at radius 3 is 2.58 bits per heavy atom. The summed E-state index contributed by atoms with van der Waals surface area (Å²) in [4.78, 5) is 20.7. The van der Waals surface area contributed by atoms with Crippen molar-refractivity contribution in [1.29, 1.82) is 0 Å². The van der Waals surface area contributed by atoms with E-state index in [2.05, 4.69) is 15.2 Å². The summed E-state index contributed by atoms with van der Waals surface area (Å²) in [5.74, 6) is 0.867. The van der Waals surface area contributed by atoms with E-state index in [0.717, 1.165) is 50.5 Å². The predicted octanol–water partition coefficient (Wildman–Crippen LogP) is 2.16. The van der Waals surface area contributed by atoms with Gasteiger partial charge in [-0.1, -0.05) is 18.2 Å². The largest absolute Gasteiger partial charge is 0.496 e. The fourth-order valence-electron chi connectivity index (χ4n) is 3.18. The molecular weight excluding hydrogens is 328 g/mol. The molecule has 0 radical (unpaired) electrons. The second-order valence-electron chi connectivity index (χ2n) is 6.41. The Bertz CT molecular complexity index is 700. The molecule has 1 fully saturated rings. The molecule has 2 aromatic rings. The van der Waals surface area contributed by atoms with Crippen LogP contribution in [0.1, 0.15) is 11.1 Å². The number of nitrogens with one attached hydrogen (secondary N) is 1. The monoisotopic (exact) mass is 354 g/mol. The number of methoxy groups -OCH3 is 1. The Kier molecular flexibility index (Phi) is 6.44. The number of amides is 2. The lowest BCUT2D eigenvalue weighted by atomic mass is 10.1. The summed E-state index contributed by atoms with van der Waals surface area (Å²) in [7, 11) is 1.67. The number of urea groups is 1. The zero-order chi connectivity index (χ0) is 18.2. The molecule has 138 valence electrons. The number of hydrogen-bond donors (Lipinski definition) is 1. The minimum absolute atomic E-state index is 0.0171. The number of ether oxygens (including phenoxy) is 1. The number of carbonyl (C=O) groups is 1. The van der Waals surface area contributed by atoms with Gasteiger partial charge in [-0.3, -0.25) is 9.88 Å². The number of benzene rings is 1. The SMILES string of the molecule is COc1ccccc1CCNC(=O)N1CCN(Cc2ccncc2)CC1. The van der Waals surface area contributed by atoms with Crippen molar-refractivity contribution in [2.24, 2.45) is 0 Å². The first-order valence-corrected chi connectivity index (χ1v) is 9.02. The van der Waals surface area contributed by atoms with E-state index in [4.69, 9.17) is 4.74 Å². The van der Waals surface area contributed by atoms with Crippen LogP contribution in [0.15, 0.2) is 48.8 Å². The molecule has 0 atom stereocenters. The molecule has 1 saturated heterocycles. The molecule has 2 amide bonds. The van der Waals surface area contributed by atoms with Crippen molar-refractivity contribution in [3.63, 3.8) is 0 Å². The molecule has 0 aliphatic carbocycles. The molecule has 6 heteroatoms. The fourth-order valence-corrected chi connectivity index (χ4v) is 3.18. The summed E-state index contributed by atoms with van der Waals surface area (Å²) in [5.41, 5.74) is 2.37. The Morgan fingerprint density at radius 2 is 1.85 bits per heavy atom. The average Bonchev–Trinajstić information content (AvgIpc) is 2.69. The zero-order valence-corrected chi connectivity index (χ0v) is 15.2. The third-order valence-electron chi connectivity index (χ3n) is 4.68. The van der Waals surface area contributed by atoms with E-state index in [1.165, 1.54) is 5.56 Å². The highest BCUT2D eigenvalue weighted by atomic mass is 16.5. The number of aromatic nitrogens is 1. The first-order chi connectivity index (χ1) is 12.8. The lowest BCUT2D eigenvalue weighted by Crippen LogP contribution is -2.51. The van der Waals surface area contributed by atoms with Crippen molar-refractivity contribution in [3.8, 4) is 5.75 Å². The van der Waals surface area contributed by atoms with Crippen molar-refractivity contribution >= 4 is 6.03 Å². The Hall–Kier alpha value is -2.60. The van der Waals surface area contributed by atoms with E-state index in [9.17, 15) is 4.79 Å². The minimum Gasteiger partial charge on any atom is -0.496 e. The molecule has 26 heavy (non-hydrogen) atoms. The number of rotatable bonds is 6. The van der Waals surface area contributed by atoms with Gasteiger partial charge in [-0.05, 0) is 35.7 Å². The summed E-state index contributed by atoms with van der Waals surface area (Å²) in [6.45, 7) is 4.81. The molecule has 1 aromatic heterocycles. The van der Waals surface area contributed by atoms with Crippen molar-refractivity contribution in [1.82, 2.24) is 20.1 Å². The Labute approximate surface area is 154 Å². The average molecular weight is 354 g/mol. The molecule has 1 aliphatic heterocycles. The van der Waals surface area contributed by atoms with Crippen molar-refractivity contribution in [2.45, 2.75) is 13.0 Å². The molecular formula is C20H26N4O2. The summed E-state index contributed by atoms with van der Waals surface area (Å²) >= 11 is 0. The molecule has 0 spiro atoms. The van der Waals surface area contributed by atoms with E-state index in [1.54, 1.807) is 7.11 Å². The number of nitrogens with zero attached hydrogens (tertiary/aromatic N) is 3. The van der Waals surface area contributed by atoms with Crippen molar-refractivity contribution < 1.29 is 9.53 Å². The molecule has 1 aromatic carbocycles. The maximum Gasteiger partial charge on any atom is 0.317 e. The van der Waals surface area contributed by atoms with Crippen molar-refractivity contribution in [3.05, 3.63) is 59.9 Å². The number of carbonyl (C=O) groups excluding carboxylic acids is 1. The number of piperazine rings is 1. The highest BCUT2D eigenvalue weighted by Crippen LogP contribution is 2.17. The summed E-state index contributed by atoms with van der Waals surface area (Å²) in [6, 6.07) is 12.0. The van der Waals surface area contributed by atoms with E-state index < -0.39 is 0 Å². The van der Waals surface area contributed by atoms with Crippen LogP contribution in [-0.4, -0.2) is 60.6 Å². The standard InChI is InChI=1S/C20H26N4O2/c1-26-19-5-3-2-4-18(19)8-11-22-20(25)24-14-12-23(13-15-24)16-17-6-9-21-10-7-17/h2-7,9-10H,8,11-16H2,1H3,(H,22,25). The molecule has 6 nitrogen and oxygen atoms in total. The number of hydrogen-bond acceptors (Lipinski definition) is 4. The van der Waals surface area contributed by atoms with Gasteiger partial charge in [-0.15, -0.1) is 0 Å². The van der Waals surface area contributed by atoms with Gasteiger partial charge >= 0.3 is 6.03 Å². The van der Waals surface area contributed by atoms with Gasteiger partial charge in [0.05, 0.1) is 7.11 Å². The maximum absolute atomic E-state index is 12.4. The summed E-state index contributed by atoms with van der Waals surface area (Å²) in [6.07, 6.45) is 4.40. The van der Waals surface area contributed by atoms with Gasteiger partial charge in [0.25, 0.3) is 0 Å². The first-order valence-electron chi connectivity index (χ1n) is 9.02. The quantitative estimate of drug-likeness (QED) is 0.864. The normalized spacial score (nSPS) is 14.9. The molecule has 2 heterocycles. The smallest absolute Gasteiger partial charge is 0.317 e. The molecule has 0 unspecified atom stereocenters. The second kappa shape index (κ2) is 9.20. The highest BCUT2D eigenvalue weighted by Gasteiger charge is 2.20. The van der Waals surface area contributed by atoms with Crippen LogP contribution in [0.5, 0.6) is 5.75 Å². The predicted molar refractivity (Wildman–Crippen MR) is 101 cm³/mol. The lowest BCUT2D eigenvalue weighted by molar-refractivity contribution is 0.135. The van der Waals surface area contributed by atoms with Gasteiger partial charge in [-0.2, -0.15) is 0 Å². The third kappa shape index (κ3) is 4.95. The van der Waals surface area contributed by atoms with Crippen LogP contribution >= 0.6 is 0 Å². The number of pyridine rings is 1. The molecule has 3 rings (SSSR count). The van der Waals surface area contributed by atoms with Gasteiger partial charge in [0.2, 0.25) is 0 Å². The van der Waals surface area contributed by atoms with Gasteiger partial charge in [0.15, 0.2) is 0 Å². The Morgan fingerprint density at radius 1 is 1.12 bits per heavy atom. The van der Waals surface area contributed by atoms with Gasteiger partial charge in [-0.25, -0.2) is 4.79 Å². The molecule has 0 saturated carbocycles. The van der Waals surface area contributed by atoms with Crippen molar-refractivity contribution in [2.75, 3.05) is 39.8 Å². The van der Waals surface area contributed by atoms with Crippen LogP contribution < -0.4 is 10.1 Å². The maximum atomic E-state index is 12.4. The lowest BCUT2D eigenvalue weighted by Gasteiger charge is -2.34. The van der Waals surface area contributed by atoms with Gasteiger partial charge in [0.1, 0.15) is 5.75 Å². The van der Waals surface area contributed by atoms with Crippen LogP contribution in [-0.2, 0) is 13.0 Å². The molecule has 0 bridgehead atoms. The first kappa shape index (κ1) is 18.2. The van der Waals surface area contributed by atoms with Crippen LogP contribution in [0.4, 0.5) is 4.79 Å². The minimum atomic E-state index is 0.0171. The topological polar surface area (TPSA) is 57.7 Å². The van der Waals surface area contributed by atoms with Crippen LogP contribution in [0.2, 0.25) is 0 Å². The van der Waals surface area contributed by atoms with E-state index in [1.807, 2.05) is 53.7 Å². The highest BCUT2D eigenvalue weighted by molar-refractivity contribution is 5.74. The van der Waals surface area contributed by atoms with E-state index in [0.29, 0.717) is 6.54 Å². The third-order valence-corrected chi connectivity index (χ3v) is 4.68. The molecule has 1 aliphatic rings. The van der Waals surface area contributed by atoms with E-state index in [-0.39, 0.29) is 6.03 Å². The van der Waals surface area contributed by atoms with E-state index >= 15 is 0 Å². The summed E-state index contributed by atoms with van der Waals surface area (Å²) < 4.78 is 5.35. The van der Waals surface area contributed by atoms with Gasteiger partial charge in [0, 0.05) is 51.7 Å². The molecule has 1 N–H and O–H groups in total. The van der Waals surface area contributed by atoms with Crippen LogP contribution in [0.25, 0.3) is 0 Å². The van der Waals surface area contributed by atoms with Crippen LogP contribution in [0, 0.1) is 0 Å². The second-order valence-corrected chi connectivity index (χ2v) is 6.41. The zero-order valence-electron chi connectivity index (χ0n) is 15.2.